The summed E-state index contributed by atoms with van der Waals surface area (Å²) in [5, 5.41) is 5.34. The summed E-state index contributed by atoms with van der Waals surface area (Å²) in [6, 6.07) is 3.41. The van der Waals surface area contributed by atoms with Crippen molar-refractivity contribution in [2.24, 2.45) is 0 Å². The highest BCUT2D eigenvalue weighted by Crippen LogP contribution is 2.31. The molecule has 0 spiro atoms. The lowest BCUT2D eigenvalue weighted by molar-refractivity contribution is -0.122. The van der Waals surface area contributed by atoms with E-state index in [2.05, 4.69) is 10.6 Å². The number of benzene rings is 1. The van der Waals surface area contributed by atoms with Crippen molar-refractivity contribution in [2.45, 2.75) is 24.8 Å². The van der Waals surface area contributed by atoms with Gasteiger partial charge in [-0.3, -0.25) is 4.79 Å². The maximum Gasteiger partial charge on any atom is 0.318 e. The van der Waals surface area contributed by atoms with Crippen molar-refractivity contribution in [3.8, 4) is 0 Å². The summed E-state index contributed by atoms with van der Waals surface area (Å²) in [5.74, 6) is -0.277. The minimum absolute atomic E-state index is 0.0541. The first-order valence-corrected chi connectivity index (χ1v) is 10.7. The lowest BCUT2D eigenvalue weighted by Crippen LogP contribution is -2.56. The molecule has 2 N–H and O–H groups in total. The van der Waals surface area contributed by atoms with Gasteiger partial charge in [0.25, 0.3) is 0 Å². The molecular weight excluding hydrogens is 415 g/mol. The van der Waals surface area contributed by atoms with Gasteiger partial charge in [-0.25, -0.2) is 13.2 Å². The average Bonchev–Trinajstić information content (AvgIpc) is 2.61. The van der Waals surface area contributed by atoms with Crippen LogP contribution in [0.4, 0.5) is 4.79 Å². The van der Waals surface area contributed by atoms with Crippen LogP contribution in [0.1, 0.15) is 13.8 Å². The molecule has 0 saturated carbocycles. The highest BCUT2D eigenvalue weighted by Gasteiger charge is 2.33. The quantitative estimate of drug-likeness (QED) is 0.730. The van der Waals surface area contributed by atoms with Gasteiger partial charge >= 0.3 is 6.03 Å². The van der Waals surface area contributed by atoms with E-state index < -0.39 is 22.1 Å². The van der Waals surface area contributed by atoms with Crippen molar-refractivity contribution in [1.82, 2.24) is 19.8 Å². The Bertz CT molecular complexity index is 790. The summed E-state index contributed by atoms with van der Waals surface area (Å²) >= 11 is 12.0. The maximum atomic E-state index is 12.8. The van der Waals surface area contributed by atoms with E-state index >= 15 is 0 Å². The van der Waals surface area contributed by atoms with E-state index in [0.29, 0.717) is 6.54 Å². The second-order valence-corrected chi connectivity index (χ2v) is 8.70. The highest BCUT2D eigenvalue weighted by atomic mass is 35.5. The summed E-state index contributed by atoms with van der Waals surface area (Å²) < 4.78 is 26.9. The van der Waals surface area contributed by atoms with Gasteiger partial charge in [-0.1, -0.05) is 29.3 Å². The number of piperazine rings is 1. The van der Waals surface area contributed by atoms with Crippen molar-refractivity contribution in [2.75, 3.05) is 32.7 Å². The first-order valence-electron chi connectivity index (χ1n) is 8.45. The Labute approximate surface area is 168 Å². The molecule has 1 aliphatic heterocycles. The van der Waals surface area contributed by atoms with Crippen molar-refractivity contribution in [3.05, 3.63) is 28.2 Å². The third-order valence-electron chi connectivity index (χ3n) is 4.13. The second kappa shape index (κ2) is 9.09. The van der Waals surface area contributed by atoms with Crippen LogP contribution in [0.5, 0.6) is 0 Å². The van der Waals surface area contributed by atoms with E-state index in [-0.39, 0.29) is 47.0 Å². The number of carbonyl (C=O) groups excluding carboxylic acids is 2. The predicted octanol–water partition coefficient (Wildman–Crippen LogP) is 1.53. The monoisotopic (exact) mass is 436 g/mol. The van der Waals surface area contributed by atoms with Crippen LogP contribution in [-0.2, 0) is 14.8 Å². The van der Waals surface area contributed by atoms with Crippen LogP contribution in [0.3, 0.4) is 0 Å². The number of hydrogen-bond donors (Lipinski definition) is 2. The van der Waals surface area contributed by atoms with E-state index in [1.165, 1.54) is 21.3 Å². The van der Waals surface area contributed by atoms with Crippen LogP contribution >= 0.6 is 23.2 Å². The van der Waals surface area contributed by atoms with Crippen molar-refractivity contribution < 1.29 is 18.0 Å². The topological polar surface area (TPSA) is 98.8 Å². The van der Waals surface area contributed by atoms with Crippen LogP contribution in [0.15, 0.2) is 23.1 Å². The van der Waals surface area contributed by atoms with Crippen LogP contribution < -0.4 is 10.6 Å². The molecule has 0 aliphatic carbocycles. The van der Waals surface area contributed by atoms with Crippen LogP contribution in [0.25, 0.3) is 0 Å². The maximum absolute atomic E-state index is 12.8. The van der Waals surface area contributed by atoms with Gasteiger partial charge in [-0.2, -0.15) is 4.31 Å². The lowest BCUT2D eigenvalue weighted by atomic mass is 10.3. The zero-order valence-corrected chi connectivity index (χ0v) is 17.4. The number of amides is 3. The summed E-state index contributed by atoms with van der Waals surface area (Å²) in [7, 11) is -3.87. The third-order valence-corrected chi connectivity index (χ3v) is 6.98. The Balaban J connectivity index is 2.00. The molecule has 1 saturated heterocycles. The molecule has 0 bridgehead atoms. The molecule has 8 nitrogen and oxygen atoms in total. The number of sulfonamides is 1. The minimum Gasteiger partial charge on any atom is -0.355 e. The normalized spacial score (nSPS) is 16.7. The van der Waals surface area contributed by atoms with Crippen molar-refractivity contribution >= 4 is 45.2 Å². The molecule has 0 aromatic heterocycles. The van der Waals surface area contributed by atoms with Crippen LogP contribution in [-0.4, -0.2) is 68.3 Å². The summed E-state index contributed by atoms with van der Waals surface area (Å²) in [6.07, 6.45) is 0. The molecule has 27 heavy (non-hydrogen) atoms. The van der Waals surface area contributed by atoms with E-state index in [1.807, 2.05) is 0 Å². The molecule has 1 heterocycles. The fraction of sp³-hybridized carbons (Fsp3) is 0.500. The van der Waals surface area contributed by atoms with Gasteiger partial charge in [0, 0.05) is 32.7 Å². The molecule has 1 aromatic carbocycles. The first kappa shape index (κ1) is 21.7. The lowest BCUT2D eigenvalue weighted by Gasteiger charge is -2.34. The SMILES string of the molecule is CCNC(=O)C(C)NC(=O)N1CCN(S(=O)(=O)c2c(Cl)cccc2Cl)CC1. The number of hydrogen-bond acceptors (Lipinski definition) is 4. The summed E-state index contributed by atoms with van der Waals surface area (Å²) in [5.41, 5.74) is 0. The number of urea groups is 1. The molecule has 1 aliphatic rings. The van der Waals surface area contributed by atoms with Gasteiger partial charge in [0.05, 0.1) is 10.0 Å². The summed E-state index contributed by atoms with van der Waals surface area (Å²) in [6.45, 7) is 4.44. The fourth-order valence-corrected chi connectivity index (χ4v) is 5.17. The van der Waals surface area contributed by atoms with Crippen molar-refractivity contribution in [1.29, 1.82) is 0 Å². The Morgan fingerprint density at radius 3 is 2.22 bits per heavy atom. The average molecular weight is 437 g/mol. The predicted molar refractivity (Wildman–Crippen MR) is 103 cm³/mol. The number of likely N-dealkylation sites (N-methyl/N-ethyl adjacent to an activating group) is 1. The molecule has 1 aromatic rings. The standard InChI is InChI=1S/C16H22Cl2N4O4S/c1-3-19-15(23)11(2)20-16(24)21-7-9-22(10-8-21)27(25,26)14-12(17)5-4-6-13(14)18/h4-6,11H,3,7-10H2,1-2H3,(H,19,23)(H,20,24). The zero-order chi connectivity index (χ0) is 20.2. The molecule has 1 atom stereocenters. The Kier molecular flexibility index (Phi) is 7.32. The van der Waals surface area contributed by atoms with Gasteiger partial charge in [-0.15, -0.1) is 0 Å². The first-order chi connectivity index (χ1) is 12.7. The number of carbonyl (C=O) groups is 2. The number of nitrogens with one attached hydrogen (secondary N) is 2. The van der Waals surface area contributed by atoms with Crippen LogP contribution in [0, 0.1) is 0 Å². The largest absolute Gasteiger partial charge is 0.355 e. The van der Waals surface area contributed by atoms with E-state index in [0.717, 1.165) is 0 Å². The van der Waals surface area contributed by atoms with Gasteiger partial charge in [0.1, 0.15) is 10.9 Å². The molecule has 2 rings (SSSR count). The van der Waals surface area contributed by atoms with Crippen LogP contribution in [0.2, 0.25) is 10.0 Å². The van der Waals surface area contributed by atoms with Gasteiger partial charge in [-0.05, 0) is 26.0 Å². The number of halogens is 2. The Morgan fingerprint density at radius 1 is 1.15 bits per heavy atom. The van der Waals surface area contributed by atoms with E-state index in [9.17, 15) is 18.0 Å². The highest BCUT2D eigenvalue weighted by molar-refractivity contribution is 7.89. The molecule has 0 radical (unpaired) electrons. The molecule has 1 unspecified atom stereocenters. The van der Waals surface area contributed by atoms with Gasteiger partial charge < -0.3 is 15.5 Å². The smallest absolute Gasteiger partial charge is 0.318 e. The Hall–Kier alpha value is -1.55. The van der Waals surface area contributed by atoms with E-state index in [1.54, 1.807) is 19.9 Å². The van der Waals surface area contributed by atoms with Gasteiger partial charge in [0.15, 0.2) is 0 Å². The molecule has 1 fully saturated rings. The fourth-order valence-electron chi connectivity index (χ4n) is 2.66. The molecule has 11 heteroatoms. The van der Waals surface area contributed by atoms with Crippen molar-refractivity contribution in [3.63, 3.8) is 0 Å². The molecular formula is C16H22Cl2N4O4S. The zero-order valence-electron chi connectivity index (χ0n) is 15.0. The minimum atomic E-state index is -3.87. The Morgan fingerprint density at radius 2 is 1.70 bits per heavy atom. The summed E-state index contributed by atoms with van der Waals surface area (Å²) in [4.78, 5) is 25.3. The molecule has 150 valence electrons. The number of rotatable bonds is 5. The van der Waals surface area contributed by atoms with E-state index in [4.69, 9.17) is 23.2 Å². The van der Waals surface area contributed by atoms with Gasteiger partial charge in [0.2, 0.25) is 15.9 Å². The third kappa shape index (κ3) is 5.04. The second-order valence-electron chi connectivity index (χ2n) is 6.01. The molecule has 3 amide bonds. The number of nitrogens with zero attached hydrogens (tertiary/aromatic N) is 2.